The zero-order valence-electron chi connectivity index (χ0n) is 9.01. The van der Waals surface area contributed by atoms with E-state index in [4.69, 9.17) is 0 Å². The molecule has 18 heavy (non-hydrogen) atoms. The topological polar surface area (TPSA) is 75.0 Å². The first kappa shape index (κ1) is 12.2. The molecule has 2 aromatic rings. The van der Waals surface area contributed by atoms with Gasteiger partial charge < -0.3 is 9.72 Å². The van der Waals surface area contributed by atoms with Crippen molar-refractivity contribution < 1.29 is 17.9 Å². The highest BCUT2D eigenvalue weighted by Crippen LogP contribution is 2.26. The number of halogens is 3. The van der Waals surface area contributed by atoms with Crippen LogP contribution in [0.4, 0.5) is 13.2 Å². The van der Waals surface area contributed by atoms with E-state index < -0.39 is 23.4 Å². The van der Waals surface area contributed by atoms with Crippen LogP contribution >= 0.6 is 0 Å². The van der Waals surface area contributed by atoms with Gasteiger partial charge in [0.2, 0.25) is 0 Å². The van der Waals surface area contributed by atoms with Crippen LogP contribution in [-0.4, -0.2) is 16.3 Å². The van der Waals surface area contributed by atoms with Gasteiger partial charge in [-0.2, -0.15) is 0 Å². The van der Waals surface area contributed by atoms with Crippen molar-refractivity contribution in [3.63, 3.8) is 0 Å². The van der Waals surface area contributed by atoms with E-state index in [2.05, 4.69) is 9.72 Å². The molecule has 0 aliphatic rings. The molecule has 1 aromatic heterocycles. The van der Waals surface area contributed by atoms with Crippen molar-refractivity contribution in [1.29, 1.82) is 0 Å². The number of benzene rings is 1. The molecular formula is C10H7F3N2O3. The molecule has 0 radical (unpaired) electrons. The van der Waals surface area contributed by atoms with Gasteiger partial charge in [-0.15, -0.1) is 13.2 Å². The van der Waals surface area contributed by atoms with Crippen molar-refractivity contribution in [2.45, 2.75) is 13.3 Å². The standard InChI is InChI=1S/C10H7F3N2O3/c1-4-2-5(18-10(11,12)13)3-6-7(4)14-9(17)15-8(6)16/h2-3H,1H3,(H2,14,15,16,17). The molecule has 96 valence electrons. The maximum Gasteiger partial charge on any atom is 0.573 e. The number of rotatable bonds is 1. The van der Waals surface area contributed by atoms with Crippen molar-refractivity contribution in [3.8, 4) is 5.75 Å². The van der Waals surface area contributed by atoms with Crippen molar-refractivity contribution in [2.24, 2.45) is 0 Å². The largest absolute Gasteiger partial charge is 0.573 e. The lowest BCUT2D eigenvalue weighted by molar-refractivity contribution is -0.274. The van der Waals surface area contributed by atoms with Crippen LogP contribution in [0, 0.1) is 6.92 Å². The molecule has 0 amide bonds. The predicted molar refractivity (Wildman–Crippen MR) is 56.6 cm³/mol. The fourth-order valence-corrected chi connectivity index (χ4v) is 1.61. The number of ether oxygens (including phenoxy) is 1. The Balaban J connectivity index is 2.70. The first-order valence-corrected chi connectivity index (χ1v) is 4.79. The Bertz CT molecular complexity index is 715. The van der Waals surface area contributed by atoms with Gasteiger partial charge in [-0.05, 0) is 24.6 Å². The summed E-state index contributed by atoms with van der Waals surface area (Å²) in [7, 11) is 0. The normalized spacial score (nSPS) is 11.8. The van der Waals surface area contributed by atoms with E-state index >= 15 is 0 Å². The van der Waals surface area contributed by atoms with E-state index in [1.807, 2.05) is 4.98 Å². The van der Waals surface area contributed by atoms with Gasteiger partial charge >= 0.3 is 12.1 Å². The summed E-state index contributed by atoms with van der Waals surface area (Å²) in [6, 6.07) is 2.01. The van der Waals surface area contributed by atoms with Gasteiger partial charge in [-0.25, -0.2) is 4.79 Å². The minimum absolute atomic E-state index is 0.0751. The van der Waals surface area contributed by atoms with E-state index in [1.54, 1.807) is 0 Å². The highest BCUT2D eigenvalue weighted by atomic mass is 19.4. The minimum Gasteiger partial charge on any atom is -0.406 e. The third-order valence-electron chi connectivity index (χ3n) is 2.25. The molecule has 2 rings (SSSR count). The Labute approximate surface area is 97.2 Å². The molecule has 0 saturated heterocycles. The molecule has 0 spiro atoms. The van der Waals surface area contributed by atoms with E-state index in [0.29, 0.717) is 5.56 Å². The Morgan fingerprint density at radius 1 is 1.17 bits per heavy atom. The van der Waals surface area contributed by atoms with E-state index in [0.717, 1.165) is 12.1 Å². The molecule has 2 N–H and O–H groups in total. The van der Waals surface area contributed by atoms with Crippen LogP contribution in [0.15, 0.2) is 21.7 Å². The number of H-pyrrole nitrogens is 2. The third kappa shape index (κ3) is 2.36. The fourth-order valence-electron chi connectivity index (χ4n) is 1.61. The highest BCUT2D eigenvalue weighted by Gasteiger charge is 2.31. The fraction of sp³-hybridized carbons (Fsp3) is 0.200. The molecule has 5 nitrogen and oxygen atoms in total. The zero-order valence-corrected chi connectivity index (χ0v) is 9.01. The van der Waals surface area contributed by atoms with Crippen molar-refractivity contribution in [2.75, 3.05) is 0 Å². The van der Waals surface area contributed by atoms with Gasteiger partial charge in [-0.3, -0.25) is 9.78 Å². The first-order valence-electron chi connectivity index (χ1n) is 4.79. The summed E-state index contributed by atoms with van der Waals surface area (Å²) < 4.78 is 39.9. The SMILES string of the molecule is Cc1cc(OC(F)(F)F)cc2c(=O)[nH]c(=O)[nH]c12. The Morgan fingerprint density at radius 2 is 1.83 bits per heavy atom. The smallest absolute Gasteiger partial charge is 0.406 e. The maximum absolute atomic E-state index is 12.1. The van der Waals surface area contributed by atoms with Crippen molar-refractivity contribution >= 4 is 10.9 Å². The number of aryl methyl sites for hydroxylation is 1. The molecule has 1 heterocycles. The van der Waals surface area contributed by atoms with Gasteiger partial charge in [0.15, 0.2) is 0 Å². The van der Waals surface area contributed by atoms with Crippen LogP contribution in [0.3, 0.4) is 0 Å². The second-order valence-electron chi connectivity index (χ2n) is 3.62. The van der Waals surface area contributed by atoms with Crippen LogP contribution in [-0.2, 0) is 0 Å². The van der Waals surface area contributed by atoms with Crippen LogP contribution < -0.4 is 16.0 Å². The van der Waals surface area contributed by atoms with Crippen molar-refractivity contribution in [3.05, 3.63) is 38.5 Å². The third-order valence-corrected chi connectivity index (χ3v) is 2.25. The molecule has 0 atom stereocenters. The van der Waals surface area contributed by atoms with Crippen LogP contribution in [0.1, 0.15) is 5.56 Å². The molecule has 0 saturated carbocycles. The summed E-state index contributed by atoms with van der Waals surface area (Å²) in [5, 5.41) is -0.0751. The summed E-state index contributed by atoms with van der Waals surface area (Å²) in [5.74, 6) is -0.509. The Morgan fingerprint density at radius 3 is 2.44 bits per heavy atom. The molecular weight excluding hydrogens is 253 g/mol. The van der Waals surface area contributed by atoms with Crippen LogP contribution in [0.25, 0.3) is 10.9 Å². The average molecular weight is 260 g/mol. The van der Waals surface area contributed by atoms with Crippen LogP contribution in [0.2, 0.25) is 0 Å². The molecule has 1 aromatic carbocycles. The number of aromatic amines is 2. The highest BCUT2D eigenvalue weighted by molar-refractivity contribution is 5.82. The quantitative estimate of drug-likeness (QED) is 0.814. The zero-order chi connectivity index (χ0) is 13.5. The number of aromatic nitrogens is 2. The van der Waals surface area contributed by atoms with Crippen molar-refractivity contribution in [1.82, 2.24) is 9.97 Å². The Hall–Kier alpha value is -2.25. The molecule has 0 unspecified atom stereocenters. The molecule has 0 fully saturated rings. The lowest BCUT2D eigenvalue weighted by Crippen LogP contribution is -2.23. The molecule has 0 aliphatic carbocycles. The van der Waals surface area contributed by atoms with E-state index in [9.17, 15) is 22.8 Å². The van der Waals surface area contributed by atoms with Crippen LogP contribution in [0.5, 0.6) is 5.75 Å². The molecule has 8 heteroatoms. The summed E-state index contributed by atoms with van der Waals surface area (Å²) in [4.78, 5) is 26.8. The second kappa shape index (κ2) is 3.90. The number of alkyl halides is 3. The number of nitrogens with one attached hydrogen (secondary N) is 2. The van der Waals surface area contributed by atoms with E-state index in [-0.39, 0.29) is 10.9 Å². The lowest BCUT2D eigenvalue weighted by atomic mass is 10.1. The summed E-state index contributed by atoms with van der Waals surface area (Å²) >= 11 is 0. The summed E-state index contributed by atoms with van der Waals surface area (Å²) in [5.41, 5.74) is -1.02. The monoisotopic (exact) mass is 260 g/mol. The predicted octanol–water partition coefficient (Wildman–Crippen LogP) is 1.42. The van der Waals surface area contributed by atoms with E-state index in [1.165, 1.54) is 6.92 Å². The van der Waals surface area contributed by atoms with Gasteiger partial charge in [0.05, 0.1) is 10.9 Å². The number of hydrogen-bond acceptors (Lipinski definition) is 3. The lowest BCUT2D eigenvalue weighted by Gasteiger charge is -2.10. The maximum atomic E-state index is 12.1. The summed E-state index contributed by atoms with van der Waals surface area (Å²) in [6.45, 7) is 1.46. The summed E-state index contributed by atoms with van der Waals surface area (Å²) in [6.07, 6.45) is -4.84. The number of fused-ring (bicyclic) bond motifs is 1. The molecule has 0 bridgehead atoms. The minimum atomic E-state index is -4.84. The van der Waals surface area contributed by atoms with Gasteiger partial charge in [0.1, 0.15) is 5.75 Å². The van der Waals surface area contributed by atoms with Gasteiger partial charge in [0.25, 0.3) is 5.56 Å². The second-order valence-corrected chi connectivity index (χ2v) is 3.62. The molecule has 0 aliphatic heterocycles. The average Bonchev–Trinajstić information content (AvgIpc) is 2.17. The Kier molecular flexibility index (Phi) is 2.64. The van der Waals surface area contributed by atoms with Gasteiger partial charge in [0, 0.05) is 0 Å². The number of hydrogen-bond donors (Lipinski definition) is 2. The van der Waals surface area contributed by atoms with Gasteiger partial charge in [-0.1, -0.05) is 0 Å². The first-order chi connectivity index (χ1) is 8.26.